The number of carbonyl (C=O) groups excluding carboxylic acids is 1. The molecule has 0 spiro atoms. The average molecular weight is 364 g/mol. The van der Waals surface area contributed by atoms with E-state index < -0.39 is 5.82 Å². The van der Waals surface area contributed by atoms with Crippen LogP contribution >= 0.6 is 11.6 Å². The summed E-state index contributed by atoms with van der Waals surface area (Å²) in [7, 11) is 0. The summed E-state index contributed by atoms with van der Waals surface area (Å²) in [5.41, 5.74) is 1.02. The lowest BCUT2D eigenvalue weighted by molar-refractivity contribution is -0.114. The van der Waals surface area contributed by atoms with Gasteiger partial charge in [-0.15, -0.1) is 0 Å². The van der Waals surface area contributed by atoms with Gasteiger partial charge in [-0.2, -0.15) is 5.10 Å². The van der Waals surface area contributed by atoms with Crippen molar-refractivity contribution in [1.82, 2.24) is 19.9 Å². The van der Waals surface area contributed by atoms with Gasteiger partial charge in [0.15, 0.2) is 17.5 Å². The van der Waals surface area contributed by atoms with Crippen molar-refractivity contribution in [2.24, 2.45) is 0 Å². The van der Waals surface area contributed by atoms with Crippen molar-refractivity contribution >= 4 is 23.3 Å². The van der Waals surface area contributed by atoms with Crippen LogP contribution in [-0.4, -0.2) is 25.8 Å². The molecule has 0 saturated carbocycles. The monoisotopic (exact) mass is 363 g/mol. The van der Waals surface area contributed by atoms with Crippen LogP contribution in [0.2, 0.25) is 5.02 Å². The Morgan fingerprint density at radius 2 is 2.20 bits per heavy atom. The van der Waals surface area contributed by atoms with Crippen LogP contribution in [0.4, 0.5) is 10.2 Å². The topological polar surface area (TPSA) is 85.8 Å². The van der Waals surface area contributed by atoms with E-state index in [1.54, 1.807) is 17.7 Å². The van der Waals surface area contributed by atoms with Crippen LogP contribution in [0.1, 0.15) is 19.6 Å². The van der Waals surface area contributed by atoms with Crippen LogP contribution in [0.15, 0.2) is 22.7 Å². The summed E-state index contributed by atoms with van der Waals surface area (Å²) in [6, 6.07) is 4.36. The van der Waals surface area contributed by atoms with Crippen LogP contribution in [-0.2, 0) is 11.3 Å². The fraction of sp³-hybridized carbons (Fsp3) is 0.250. The van der Waals surface area contributed by atoms with Gasteiger partial charge in [0.05, 0.1) is 5.02 Å². The van der Waals surface area contributed by atoms with Crippen LogP contribution < -0.4 is 5.32 Å². The van der Waals surface area contributed by atoms with Crippen LogP contribution in [0, 0.1) is 12.7 Å². The van der Waals surface area contributed by atoms with Gasteiger partial charge in [0.25, 0.3) is 0 Å². The molecule has 1 aromatic carbocycles. The molecule has 0 bridgehead atoms. The van der Waals surface area contributed by atoms with Gasteiger partial charge in [-0.05, 0) is 32.0 Å². The van der Waals surface area contributed by atoms with Crippen LogP contribution in [0.5, 0.6) is 0 Å². The molecule has 130 valence electrons. The molecule has 1 amide bonds. The number of anilines is 1. The second-order valence-corrected chi connectivity index (χ2v) is 5.75. The molecule has 0 saturated heterocycles. The first-order chi connectivity index (χ1) is 11.9. The zero-order chi connectivity index (χ0) is 18.1. The third-order valence-electron chi connectivity index (χ3n) is 3.53. The minimum absolute atomic E-state index is 0.0294. The van der Waals surface area contributed by atoms with Gasteiger partial charge in [0.2, 0.25) is 5.91 Å². The van der Waals surface area contributed by atoms with Crippen LogP contribution in [0.25, 0.3) is 22.8 Å². The summed E-state index contributed by atoms with van der Waals surface area (Å²) < 4.78 is 20.5. The SMILES string of the molecule is CCn1nc(-c2ccc(Cl)c(F)c2)nc1-c1c(NC(C)=O)noc1C. The third kappa shape index (κ3) is 3.25. The van der Waals surface area contributed by atoms with Gasteiger partial charge in [-0.3, -0.25) is 4.79 Å². The third-order valence-corrected chi connectivity index (χ3v) is 3.84. The van der Waals surface area contributed by atoms with Crippen molar-refractivity contribution in [2.75, 3.05) is 5.32 Å². The molecule has 3 aromatic rings. The Morgan fingerprint density at radius 1 is 1.44 bits per heavy atom. The highest BCUT2D eigenvalue weighted by molar-refractivity contribution is 6.30. The van der Waals surface area contributed by atoms with E-state index in [1.165, 1.54) is 19.1 Å². The number of aryl methyl sites for hydroxylation is 2. The van der Waals surface area contributed by atoms with Gasteiger partial charge < -0.3 is 9.84 Å². The molecule has 0 aliphatic heterocycles. The number of benzene rings is 1. The standard InChI is InChI=1S/C16H15ClFN5O2/c1-4-23-16(13-8(2)25-22-15(13)19-9(3)24)20-14(21-23)10-5-6-11(17)12(18)7-10/h5-7H,4H2,1-3H3,(H,19,22,24). The smallest absolute Gasteiger partial charge is 0.222 e. The van der Waals surface area contributed by atoms with Gasteiger partial charge in [-0.25, -0.2) is 14.1 Å². The number of hydrogen-bond donors (Lipinski definition) is 1. The van der Waals surface area contributed by atoms with Crippen molar-refractivity contribution in [3.63, 3.8) is 0 Å². The molecule has 25 heavy (non-hydrogen) atoms. The number of nitrogens with zero attached hydrogens (tertiary/aromatic N) is 4. The lowest BCUT2D eigenvalue weighted by atomic mass is 10.2. The van der Waals surface area contributed by atoms with E-state index in [1.807, 2.05) is 6.92 Å². The Hall–Kier alpha value is -2.74. The van der Waals surface area contributed by atoms with E-state index in [9.17, 15) is 9.18 Å². The van der Waals surface area contributed by atoms with E-state index in [0.717, 1.165) is 0 Å². The first-order valence-electron chi connectivity index (χ1n) is 7.55. The van der Waals surface area contributed by atoms with Gasteiger partial charge >= 0.3 is 0 Å². The largest absolute Gasteiger partial charge is 0.359 e. The highest BCUT2D eigenvalue weighted by Gasteiger charge is 2.23. The maximum absolute atomic E-state index is 13.7. The van der Waals surface area contributed by atoms with Crippen molar-refractivity contribution in [1.29, 1.82) is 0 Å². The Bertz CT molecular complexity index is 950. The average Bonchev–Trinajstić information content (AvgIpc) is 3.13. The number of rotatable bonds is 4. The predicted molar refractivity (Wildman–Crippen MR) is 90.6 cm³/mol. The van der Waals surface area contributed by atoms with Gasteiger partial charge in [-0.1, -0.05) is 16.8 Å². The summed E-state index contributed by atoms with van der Waals surface area (Å²) in [5, 5.41) is 10.9. The predicted octanol–water partition coefficient (Wildman–Crippen LogP) is 3.68. The molecule has 0 radical (unpaired) electrons. The summed E-state index contributed by atoms with van der Waals surface area (Å²) >= 11 is 5.72. The Kier molecular flexibility index (Phi) is 4.54. The molecule has 2 aromatic heterocycles. The number of carbonyl (C=O) groups is 1. The molecule has 0 atom stereocenters. The van der Waals surface area contributed by atoms with Gasteiger partial charge in [0, 0.05) is 19.0 Å². The first-order valence-corrected chi connectivity index (χ1v) is 7.93. The summed E-state index contributed by atoms with van der Waals surface area (Å²) in [6.07, 6.45) is 0. The van der Waals surface area contributed by atoms with E-state index in [0.29, 0.717) is 35.1 Å². The summed E-state index contributed by atoms with van der Waals surface area (Å²) in [4.78, 5) is 15.9. The van der Waals surface area contributed by atoms with E-state index in [4.69, 9.17) is 16.1 Å². The molecule has 0 aliphatic rings. The number of amides is 1. The van der Waals surface area contributed by atoms with Crippen molar-refractivity contribution in [3.05, 3.63) is 34.8 Å². The second kappa shape index (κ2) is 6.64. The Labute approximate surface area is 147 Å². The van der Waals surface area contributed by atoms with Crippen LogP contribution in [0.3, 0.4) is 0 Å². The fourth-order valence-electron chi connectivity index (χ4n) is 2.39. The fourth-order valence-corrected chi connectivity index (χ4v) is 2.51. The van der Waals surface area contributed by atoms with E-state index >= 15 is 0 Å². The highest BCUT2D eigenvalue weighted by atomic mass is 35.5. The number of aromatic nitrogens is 4. The lowest BCUT2D eigenvalue weighted by Gasteiger charge is -2.03. The zero-order valence-corrected chi connectivity index (χ0v) is 14.6. The minimum atomic E-state index is -0.548. The molecule has 0 unspecified atom stereocenters. The molecular weight excluding hydrogens is 349 g/mol. The van der Waals surface area contributed by atoms with Crippen molar-refractivity contribution < 1.29 is 13.7 Å². The summed E-state index contributed by atoms with van der Waals surface area (Å²) in [5.74, 6) is 0.726. The normalized spacial score (nSPS) is 10.9. The van der Waals surface area contributed by atoms with E-state index in [-0.39, 0.29) is 16.7 Å². The molecule has 7 nitrogen and oxygen atoms in total. The number of halogens is 2. The maximum atomic E-state index is 13.7. The molecule has 0 fully saturated rings. The quantitative estimate of drug-likeness (QED) is 0.764. The maximum Gasteiger partial charge on any atom is 0.222 e. The van der Waals surface area contributed by atoms with Crippen molar-refractivity contribution in [3.8, 4) is 22.8 Å². The number of hydrogen-bond acceptors (Lipinski definition) is 5. The number of nitrogens with one attached hydrogen (secondary N) is 1. The van der Waals surface area contributed by atoms with Crippen molar-refractivity contribution in [2.45, 2.75) is 27.3 Å². The molecule has 9 heteroatoms. The second-order valence-electron chi connectivity index (χ2n) is 5.35. The zero-order valence-electron chi connectivity index (χ0n) is 13.8. The molecular formula is C16H15ClFN5O2. The summed E-state index contributed by atoms with van der Waals surface area (Å²) in [6.45, 7) is 5.50. The van der Waals surface area contributed by atoms with Gasteiger partial charge in [0.1, 0.15) is 17.1 Å². The lowest BCUT2D eigenvalue weighted by Crippen LogP contribution is -2.08. The molecule has 2 heterocycles. The van der Waals surface area contributed by atoms with E-state index in [2.05, 4.69) is 20.6 Å². The first kappa shape index (κ1) is 17.1. The Balaban J connectivity index is 2.12. The molecule has 3 rings (SSSR count). The highest BCUT2D eigenvalue weighted by Crippen LogP contribution is 2.32. The Morgan fingerprint density at radius 3 is 2.84 bits per heavy atom. The molecule has 1 N–H and O–H groups in total. The minimum Gasteiger partial charge on any atom is -0.359 e. The molecule has 0 aliphatic carbocycles.